The van der Waals surface area contributed by atoms with Crippen molar-refractivity contribution in [1.29, 1.82) is 0 Å². The molecule has 0 atom stereocenters. The summed E-state index contributed by atoms with van der Waals surface area (Å²) in [5.74, 6) is 1.67. The van der Waals surface area contributed by atoms with E-state index in [2.05, 4.69) is 15.7 Å². The predicted octanol–water partition coefficient (Wildman–Crippen LogP) is 4.86. The maximum atomic E-state index is 5.76. The number of anilines is 1. The molecule has 0 aliphatic rings. The molecular formula is C17H16N2OS. The largest absolute Gasteiger partial charge is 0.457 e. The topological polar surface area (TPSA) is 34.1 Å². The lowest BCUT2D eigenvalue weighted by atomic mass is 10.3. The average molecular weight is 296 g/mol. The van der Waals surface area contributed by atoms with E-state index in [1.54, 1.807) is 11.3 Å². The first-order valence-corrected chi connectivity index (χ1v) is 7.65. The molecule has 1 aromatic heterocycles. The van der Waals surface area contributed by atoms with Gasteiger partial charge in [-0.15, -0.1) is 11.3 Å². The number of para-hydroxylation sites is 1. The molecule has 2 aromatic carbocycles. The molecule has 0 spiro atoms. The Morgan fingerprint density at radius 1 is 1.00 bits per heavy atom. The van der Waals surface area contributed by atoms with Gasteiger partial charge < -0.3 is 10.1 Å². The molecule has 3 aromatic rings. The molecule has 21 heavy (non-hydrogen) atoms. The van der Waals surface area contributed by atoms with Gasteiger partial charge in [0.25, 0.3) is 0 Å². The van der Waals surface area contributed by atoms with Gasteiger partial charge in [0.1, 0.15) is 16.5 Å². The molecule has 0 fully saturated rings. The van der Waals surface area contributed by atoms with Crippen LogP contribution in [0.5, 0.6) is 11.5 Å². The fourth-order valence-electron chi connectivity index (χ4n) is 1.93. The van der Waals surface area contributed by atoms with Crippen LogP contribution in [-0.4, -0.2) is 4.98 Å². The van der Waals surface area contributed by atoms with Crippen LogP contribution in [0.25, 0.3) is 0 Å². The van der Waals surface area contributed by atoms with Crippen molar-refractivity contribution in [3.05, 3.63) is 70.7 Å². The molecule has 0 amide bonds. The Morgan fingerprint density at radius 2 is 1.71 bits per heavy atom. The van der Waals surface area contributed by atoms with Crippen molar-refractivity contribution in [2.75, 3.05) is 5.32 Å². The maximum absolute atomic E-state index is 5.76. The molecule has 0 radical (unpaired) electrons. The van der Waals surface area contributed by atoms with Crippen molar-refractivity contribution in [3.63, 3.8) is 0 Å². The Hall–Kier alpha value is -2.33. The van der Waals surface area contributed by atoms with Crippen LogP contribution in [0.2, 0.25) is 0 Å². The zero-order valence-corrected chi connectivity index (χ0v) is 12.6. The summed E-state index contributed by atoms with van der Waals surface area (Å²) in [5.41, 5.74) is 2.13. The Morgan fingerprint density at radius 3 is 2.38 bits per heavy atom. The van der Waals surface area contributed by atoms with Gasteiger partial charge in [0.2, 0.25) is 0 Å². The molecule has 0 bridgehead atoms. The highest BCUT2D eigenvalue weighted by Crippen LogP contribution is 2.23. The van der Waals surface area contributed by atoms with Crippen molar-refractivity contribution in [1.82, 2.24) is 4.98 Å². The van der Waals surface area contributed by atoms with Gasteiger partial charge in [-0.3, -0.25) is 0 Å². The van der Waals surface area contributed by atoms with Gasteiger partial charge in [-0.05, 0) is 43.3 Å². The normalized spacial score (nSPS) is 10.3. The van der Waals surface area contributed by atoms with E-state index in [0.29, 0.717) is 0 Å². The summed E-state index contributed by atoms with van der Waals surface area (Å²) in [6, 6.07) is 17.7. The molecule has 0 saturated carbocycles. The smallest absolute Gasteiger partial charge is 0.127 e. The maximum Gasteiger partial charge on any atom is 0.127 e. The first-order chi connectivity index (χ1) is 10.3. The van der Waals surface area contributed by atoms with Gasteiger partial charge >= 0.3 is 0 Å². The minimum atomic E-state index is 0.747. The van der Waals surface area contributed by atoms with E-state index in [1.165, 1.54) is 0 Å². The number of aromatic nitrogens is 1. The highest BCUT2D eigenvalue weighted by Gasteiger charge is 2.00. The Balaban J connectivity index is 1.59. The fourth-order valence-corrected chi connectivity index (χ4v) is 2.64. The van der Waals surface area contributed by atoms with Crippen LogP contribution in [0, 0.1) is 6.92 Å². The quantitative estimate of drug-likeness (QED) is 0.730. The predicted molar refractivity (Wildman–Crippen MR) is 87.1 cm³/mol. The second kappa shape index (κ2) is 6.41. The number of aryl methyl sites for hydroxylation is 1. The summed E-state index contributed by atoms with van der Waals surface area (Å²) < 4.78 is 5.76. The van der Waals surface area contributed by atoms with Crippen LogP contribution < -0.4 is 10.1 Å². The summed E-state index contributed by atoms with van der Waals surface area (Å²) in [4.78, 5) is 4.43. The van der Waals surface area contributed by atoms with Crippen molar-refractivity contribution >= 4 is 17.0 Å². The molecule has 0 unspecified atom stereocenters. The highest BCUT2D eigenvalue weighted by atomic mass is 32.1. The lowest BCUT2D eigenvalue weighted by Crippen LogP contribution is -1.98. The van der Waals surface area contributed by atoms with Crippen LogP contribution in [0.1, 0.15) is 10.7 Å². The van der Waals surface area contributed by atoms with Gasteiger partial charge in [-0.1, -0.05) is 18.2 Å². The Labute approximate surface area is 128 Å². The summed E-state index contributed by atoms with van der Waals surface area (Å²) in [6.45, 7) is 2.76. The third-order valence-electron chi connectivity index (χ3n) is 2.94. The van der Waals surface area contributed by atoms with Gasteiger partial charge in [-0.25, -0.2) is 4.98 Å². The van der Waals surface area contributed by atoms with Gasteiger partial charge in [0.05, 0.1) is 6.54 Å². The Kier molecular flexibility index (Phi) is 4.17. The van der Waals surface area contributed by atoms with Crippen LogP contribution in [0.15, 0.2) is 60.0 Å². The molecule has 3 rings (SSSR count). The number of nitrogens with one attached hydrogen (secondary N) is 1. The molecule has 3 nitrogen and oxygen atoms in total. The van der Waals surface area contributed by atoms with E-state index in [0.717, 1.165) is 34.4 Å². The van der Waals surface area contributed by atoms with Crippen molar-refractivity contribution in [2.24, 2.45) is 0 Å². The monoisotopic (exact) mass is 296 g/mol. The Bertz CT molecular complexity index is 692. The van der Waals surface area contributed by atoms with Crippen molar-refractivity contribution < 1.29 is 4.74 Å². The lowest BCUT2D eigenvalue weighted by Gasteiger charge is -2.07. The number of hydrogen-bond donors (Lipinski definition) is 1. The van der Waals surface area contributed by atoms with Crippen molar-refractivity contribution in [3.8, 4) is 11.5 Å². The lowest BCUT2D eigenvalue weighted by molar-refractivity contribution is 0.483. The van der Waals surface area contributed by atoms with Crippen LogP contribution in [0.3, 0.4) is 0 Å². The molecule has 1 N–H and O–H groups in total. The zero-order chi connectivity index (χ0) is 14.5. The van der Waals surface area contributed by atoms with E-state index in [9.17, 15) is 0 Å². The van der Waals surface area contributed by atoms with Crippen LogP contribution in [-0.2, 0) is 6.54 Å². The third kappa shape index (κ3) is 3.83. The number of hydrogen-bond acceptors (Lipinski definition) is 4. The van der Waals surface area contributed by atoms with Crippen LogP contribution in [0.4, 0.5) is 5.69 Å². The summed E-state index contributed by atoms with van der Waals surface area (Å²) in [7, 11) is 0. The van der Waals surface area contributed by atoms with E-state index < -0.39 is 0 Å². The molecule has 0 aliphatic heterocycles. The van der Waals surface area contributed by atoms with Gasteiger partial charge in [-0.2, -0.15) is 0 Å². The second-order valence-electron chi connectivity index (χ2n) is 4.68. The second-order valence-corrected chi connectivity index (χ2v) is 5.62. The van der Waals surface area contributed by atoms with E-state index in [4.69, 9.17) is 4.74 Å². The molecule has 1 heterocycles. The molecule has 0 aliphatic carbocycles. The number of ether oxygens (including phenoxy) is 1. The van der Waals surface area contributed by atoms with E-state index >= 15 is 0 Å². The van der Waals surface area contributed by atoms with Crippen LogP contribution >= 0.6 is 11.3 Å². The minimum Gasteiger partial charge on any atom is -0.457 e. The minimum absolute atomic E-state index is 0.747. The number of benzene rings is 2. The summed E-state index contributed by atoms with van der Waals surface area (Å²) >= 11 is 1.68. The molecule has 0 saturated heterocycles. The summed E-state index contributed by atoms with van der Waals surface area (Å²) in [6.07, 6.45) is 0. The van der Waals surface area contributed by atoms with Gasteiger partial charge in [0, 0.05) is 16.8 Å². The standard InChI is InChI=1S/C17H16N2OS/c1-13-12-21-17(19-13)11-18-14-7-9-16(10-8-14)20-15-5-3-2-4-6-15/h2-10,12,18H,11H2,1H3. The number of thiazole rings is 1. The van der Waals surface area contributed by atoms with Gasteiger partial charge in [0.15, 0.2) is 0 Å². The average Bonchev–Trinajstić information content (AvgIpc) is 2.93. The molecule has 106 valence electrons. The first-order valence-electron chi connectivity index (χ1n) is 6.77. The fraction of sp³-hybridized carbons (Fsp3) is 0.118. The zero-order valence-electron chi connectivity index (χ0n) is 11.7. The SMILES string of the molecule is Cc1csc(CNc2ccc(Oc3ccccc3)cc2)n1. The third-order valence-corrected chi connectivity index (χ3v) is 3.91. The first kappa shape index (κ1) is 13.6. The number of rotatable bonds is 5. The molecule has 4 heteroatoms. The summed E-state index contributed by atoms with van der Waals surface area (Å²) in [5, 5.41) is 6.52. The van der Waals surface area contributed by atoms with E-state index in [-0.39, 0.29) is 0 Å². The van der Waals surface area contributed by atoms with E-state index in [1.807, 2.05) is 61.5 Å². The molecular weight excluding hydrogens is 280 g/mol. The highest BCUT2D eigenvalue weighted by molar-refractivity contribution is 7.09. The number of nitrogens with zero attached hydrogens (tertiary/aromatic N) is 1. The van der Waals surface area contributed by atoms with Crippen molar-refractivity contribution in [2.45, 2.75) is 13.5 Å².